The number of fused-ring (bicyclic) bond motifs is 1. The van der Waals surface area contributed by atoms with E-state index in [4.69, 9.17) is 4.74 Å². The minimum Gasteiger partial charge on any atom is -0.382 e. The quantitative estimate of drug-likeness (QED) is 0.631. The van der Waals surface area contributed by atoms with Crippen LogP contribution in [-0.4, -0.2) is 30.2 Å². The van der Waals surface area contributed by atoms with Crippen molar-refractivity contribution in [2.45, 2.75) is 78.3 Å². The van der Waals surface area contributed by atoms with Crippen LogP contribution in [0.3, 0.4) is 0 Å². The van der Waals surface area contributed by atoms with Crippen LogP contribution in [0.15, 0.2) is 11.3 Å². The number of nitrogens with zero attached hydrogens (tertiary/aromatic N) is 1. The van der Waals surface area contributed by atoms with E-state index in [1.807, 2.05) is 7.11 Å². The van der Waals surface area contributed by atoms with Crippen molar-refractivity contribution >= 4 is 0 Å². The van der Waals surface area contributed by atoms with E-state index < -0.39 is 0 Å². The summed E-state index contributed by atoms with van der Waals surface area (Å²) >= 11 is 0. The standard InChI is InChI=1S/C18H33NO/c1-7-8-9-10-16-15(5)17-14(4)11-18(17,12-20-6)19(16)13(2)3/h13-14,17H,7-12H2,1-6H3. The molecule has 0 N–H and O–H groups in total. The average Bonchev–Trinajstić information content (AvgIpc) is 2.54. The Morgan fingerprint density at radius 3 is 2.55 bits per heavy atom. The van der Waals surface area contributed by atoms with Crippen molar-refractivity contribution in [2.75, 3.05) is 13.7 Å². The normalized spacial score (nSPS) is 32.9. The molecule has 1 saturated carbocycles. The van der Waals surface area contributed by atoms with E-state index in [9.17, 15) is 0 Å². The highest BCUT2D eigenvalue weighted by molar-refractivity contribution is 5.35. The fraction of sp³-hybridized carbons (Fsp3) is 0.889. The van der Waals surface area contributed by atoms with Gasteiger partial charge in [-0.15, -0.1) is 0 Å². The smallest absolute Gasteiger partial charge is 0.0705 e. The summed E-state index contributed by atoms with van der Waals surface area (Å²) in [6.07, 6.45) is 6.53. The number of rotatable bonds is 7. The summed E-state index contributed by atoms with van der Waals surface area (Å²) in [5.41, 5.74) is 3.57. The number of methoxy groups -OCH3 is 1. The molecular formula is C18H33NO. The molecule has 2 aliphatic rings. The van der Waals surface area contributed by atoms with Crippen molar-refractivity contribution in [3.63, 3.8) is 0 Å². The summed E-state index contributed by atoms with van der Waals surface area (Å²) in [4.78, 5) is 2.73. The molecule has 20 heavy (non-hydrogen) atoms. The molecule has 1 fully saturated rings. The highest BCUT2D eigenvalue weighted by atomic mass is 16.5. The minimum atomic E-state index is 0.272. The van der Waals surface area contributed by atoms with Crippen molar-refractivity contribution in [1.82, 2.24) is 4.90 Å². The zero-order valence-corrected chi connectivity index (χ0v) is 14.3. The van der Waals surface area contributed by atoms with Gasteiger partial charge in [0.1, 0.15) is 0 Å². The number of allylic oxidation sites excluding steroid dienone is 1. The third-order valence-corrected chi connectivity index (χ3v) is 5.44. The maximum Gasteiger partial charge on any atom is 0.0705 e. The Morgan fingerprint density at radius 1 is 1.35 bits per heavy atom. The third-order valence-electron chi connectivity index (χ3n) is 5.44. The highest BCUT2D eigenvalue weighted by Crippen LogP contribution is 2.59. The van der Waals surface area contributed by atoms with Crippen LogP contribution in [0.2, 0.25) is 0 Å². The van der Waals surface area contributed by atoms with Gasteiger partial charge in [0.15, 0.2) is 0 Å². The molecule has 0 aromatic rings. The molecule has 2 rings (SSSR count). The monoisotopic (exact) mass is 279 g/mol. The zero-order chi connectivity index (χ0) is 14.9. The molecule has 0 bridgehead atoms. The highest BCUT2D eigenvalue weighted by Gasteiger charge is 2.61. The van der Waals surface area contributed by atoms with Gasteiger partial charge in [-0.05, 0) is 51.5 Å². The average molecular weight is 279 g/mol. The van der Waals surface area contributed by atoms with Gasteiger partial charge < -0.3 is 9.64 Å². The van der Waals surface area contributed by atoms with Gasteiger partial charge in [-0.3, -0.25) is 0 Å². The second kappa shape index (κ2) is 6.09. The number of hydrogen-bond donors (Lipinski definition) is 0. The predicted octanol–water partition coefficient (Wildman–Crippen LogP) is 4.61. The van der Waals surface area contributed by atoms with E-state index in [0.29, 0.717) is 6.04 Å². The number of unbranched alkanes of at least 4 members (excludes halogenated alkanes) is 2. The second-order valence-electron chi connectivity index (χ2n) is 7.25. The molecule has 116 valence electrons. The topological polar surface area (TPSA) is 12.5 Å². The fourth-order valence-corrected chi connectivity index (χ4v) is 5.04. The van der Waals surface area contributed by atoms with Gasteiger partial charge >= 0.3 is 0 Å². The van der Waals surface area contributed by atoms with Gasteiger partial charge in [-0.25, -0.2) is 0 Å². The Balaban J connectivity index is 2.25. The van der Waals surface area contributed by atoms with Crippen LogP contribution in [0.4, 0.5) is 0 Å². The molecule has 1 aliphatic carbocycles. The first-order valence-electron chi connectivity index (χ1n) is 8.47. The Morgan fingerprint density at radius 2 is 2.05 bits per heavy atom. The molecular weight excluding hydrogens is 246 g/mol. The van der Waals surface area contributed by atoms with E-state index in [0.717, 1.165) is 18.4 Å². The maximum absolute atomic E-state index is 5.63. The molecule has 0 radical (unpaired) electrons. The van der Waals surface area contributed by atoms with Crippen LogP contribution >= 0.6 is 0 Å². The third kappa shape index (κ3) is 2.30. The van der Waals surface area contributed by atoms with Gasteiger partial charge in [0.2, 0.25) is 0 Å². The van der Waals surface area contributed by atoms with Crippen LogP contribution in [0, 0.1) is 11.8 Å². The van der Waals surface area contributed by atoms with E-state index in [1.165, 1.54) is 32.1 Å². The van der Waals surface area contributed by atoms with Crippen molar-refractivity contribution < 1.29 is 4.74 Å². The molecule has 1 heterocycles. The zero-order valence-electron chi connectivity index (χ0n) is 14.3. The molecule has 2 nitrogen and oxygen atoms in total. The predicted molar refractivity (Wildman–Crippen MR) is 85.7 cm³/mol. The SMILES string of the molecule is CCCCCC1=C(C)C2C(C)CC2(COC)N1C(C)C. The number of hydrogen-bond acceptors (Lipinski definition) is 2. The Hall–Kier alpha value is -0.500. The molecule has 3 atom stereocenters. The van der Waals surface area contributed by atoms with E-state index in [-0.39, 0.29) is 5.54 Å². The Labute approximate surface area is 125 Å². The first-order chi connectivity index (χ1) is 9.49. The van der Waals surface area contributed by atoms with Crippen molar-refractivity contribution in [2.24, 2.45) is 11.8 Å². The van der Waals surface area contributed by atoms with Gasteiger partial charge in [0.05, 0.1) is 12.1 Å². The van der Waals surface area contributed by atoms with Crippen molar-refractivity contribution in [3.8, 4) is 0 Å². The summed E-state index contributed by atoms with van der Waals surface area (Å²) in [5, 5.41) is 0. The number of ether oxygens (including phenoxy) is 1. The Kier molecular flexibility index (Phi) is 4.84. The lowest BCUT2D eigenvalue weighted by Crippen LogP contribution is -2.63. The van der Waals surface area contributed by atoms with E-state index in [1.54, 1.807) is 11.3 Å². The molecule has 3 unspecified atom stereocenters. The van der Waals surface area contributed by atoms with Crippen LogP contribution in [0.5, 0.6) is 0 Å². The molecule has 1 aliphatic heterocycles. The largest absolute Gasteiger partial charge is 0.382 e. The summed E-state index contributed by atoms with van der Waals surface area (Å²) in [7, 11) is 1.86. The lowest BCUT2D eigenvalue weighted by atomic mass is 9.58. The molecule has 0 aromatic heterocycles. The van der Waals surface area contributed by atoms with Crippen LogP contribution in [0.1, 0.15) is 66.7 Å². The lowest BCUT2D eigenvalue weighted by molar-refractivity contribution is -0.0862. The van der Waals surface area contributed by atoms with E-state index >= 15 is 0 Å². The van der Waals surface area contributed by atoms with Gasteiger partial charge in [0.25, 0.3) is 0 Å². The minimum absolute atomic E-state index is 0.272. The first kappa shape index (κ1) is 15.9. The molecule has 0 spiro atoms. The summed E-state index contributed by atoms with van der Waals surface area (Å²) < 4.78 is 5.63. The summed E-state index contributed by atoms with van der Waals surface area (Å²) in [6.45, 7) is 12.7. The van der Waals surface area contributed by atoms with Crippen LogP contribution < -0.4 is 0 Å². The van der Waals surface area contributed by atoms with Crippen LogP contribution in [0.25, 0.3) is 0 Å². The van der Waals surface area contributed by atoms with Crippen molar-refractivity contribution in [3.05, 3.63) is 11.3 Å². The fourth-order valence-electron chi connectivity index (χ4n) is 5.04. The molecule has 0 aromatic carbocycles. The first-order valence-corrected chi connectivity index (χ1v) is 8.47. The second-order valence-corrected chi connectivity index (χ2v) is 7.25. The van der Waals surface area contributed by atoms with Crippen LogP contribution in [-0.2, 0) is 4.74 Å². The van der Waals surface area contributed by atoms with Gasteiger partial charge in [-0.2, -0.15) is 0 Å². The molecule has 0 amide bonds. The maximum atomic E-state index is 5.63. The lowest BCUT2D eigenvalue weighted by Gasteiger charge is -2.57. The van der Waals surface area contributed by atoms with Gasteiger partial charge in [-0.1, -0.05) is 26.7 Å². The summed E-state index contributed by atoms with van der Waals surface area (Å²) in [5.74, 6) is 1.54. The van der Waals surface area contributed by atoms with E-state index in [2.05, 4.69) is 39.5 Å². The summed E-state index contributed by atoms with van der Waals surface area (Å²) in [6, 6.07) is 0.578. The molecule has 2 heteroatoms. The Bertz CT molecular complexity index is 370. The van der Waals surface area contributed by atoms with Crippen molar-refractivity contribution in [1.29, 1.82) is 0 Å². The molecule has 0 saturated heterocycles. The van der Waals surface area contributed by atoms with Gasteiger partial charge in [0, 0.05) is 24.8 Å².